The lowest BCUT2D eigenvalue weighted by Crippen LogP contribution is -2.33. The Morgan fingerprint density at radius 1 is 0.705 bits per heavy atom. The first-order chi connectivity index (χ1) is 20.1. The highest BCUT2D eigenvalue weighted by Gasteiger charge is 2.39. The molecule has 4 heterocycles. The van der Waals surface area contributed by atoms with Crippen LogP contribution in [-0.4, -0.2) is 95.7 Å². The molecule has 0 atom stereocenters. The third-order valence-electron chi connectivity index (χ3n) is 5.57. The summed E-state index contributed by atoms with van der Waals surface area (Å²) < 4.78 is 97.5. The zero-order valence-corrected chi connectivity index (χ0v) is 22.9. The van der Waals surface area contributed by atoms with Crippen molar-refractivity contribution in [2.45, 2.75) is 64.5 Å². The van der Waals surface area contributed by atoms with Gasteiger partial charge >= 0.3 is 36.4 Å². The minimum atomic E-state index is -5.08. The van der Waals surface area contributed by atoms with Crippen molar-refractivity contribution < 1.29 is 69.2 Å². The van der Waals surface area contributed by atoms with Gasteiger partial charge in [-0.05, 0) is 45.0 Å². The SMILES string of the molecule is Cc1cccc(CN2CCn3cc(CN4CCCC4)nc3C2)n1.O=C(O)C(F)(F)F.O=C(O)C(F)(F)F.O=C(O)C(F)(F)F. The van der Waals surface area contributed by atoms with Crippen LogP contribution in [0.15, 0.2) is 24.4 Å². The molecule has 4 rings (SSSR count). The fourth-order valence-corrected chi connectivity index (χ4v) is 3.66. The minimum absolute atomic E-state index is 0.913. The van der Waals surface area contributed by atoms with Crippen molar-refractivity contribution in [3.63, 3.8) is 0 Å². The highest BCUT2D eigenvalue weighted by Crippen LogP contribution is 2.18. The molecular weight excluding hydrogens is 625 g/mol. The number of hydrogen-bond donors (Lipinski definition) is 3. The maximum Gasteiger partial charge on any atom is 0.490 e. The second-order valence-corrected chi connectivity index (χ2v) is 9.21. The van der Waals surface area contributed by atoms with Crippen molar-refractivity contribution in [3.05, 3.63) is 47.3 Å². The molecule has 0 saturated carbocycles. The van der Waals surface area contributed by atoms with Gasteiger partial charge in [-0.1, -0.05) is 6.07 Å². The number of likely N-dealkylation sites (tertiary alicyclic amines) is 1. The second-order valence-electron chi connectivity index (χ2n) is 9.21. The first-order valence-corrected chi connectivity index (χ1v) is 12.4. The van der Waals surface area contributed by atoms with E-state index in [2.05, 4.69) is 50.7 Å². The van der Waals surface area contributed by atoms with Gasteiger partial charge in [0.05, 0.1) is 17.9 Å². The summed E-state index contributed by atoms with van der Waals surface area (Å²) >= 11 is 0. The van der Waals surface area contributed by atoms with Gasteiger partial charge in [-0.3, -0.25) is 14.8 Å². The number of imidazole rings is 1. The van der Waals surface area contributed by atoms with Gasteiger partial charge in [0.1, 0.15) is 5.82 Å². The number of pyridine rings is 1. The number of carboxylic acid groups (broad SMARTS) is 3. The van der Waals surface area contributed by atoms with Crippen LogP contribution < -0.4 is 0 Å². The number of aromatic nitrogens is 3. The Labute approximate surface area is 243 Å². The summed E-state index contributed by atoms with van der Waals surface area (Å²) in [5.74, 6) is -7.06. The lowest BCUT2D eigenvalue weighted by atomic mass is 10.2. The summed E-state index contributed by atoms with van der Waals surface area (Å²) in [4.78, 5) is 41.2. The first kappa shape index (κ1) is 38.1. The van der Waals surface area contributed by atoms with E-state index in [0.29, 0.717) is 0 Å². The third kappa shape index (κ3) is 14.5. The van der Waals surface area contributed by atoms with E-state index in [1.807, 2.05) is 0 Å². The number of halogens is 9. The van der Waals surface area contributed by atoms with E-state index < -0.39 is 36.4 Å². The summed E-state index contributed by atoms with van der Waals surface area (Å²) in [7, 11) is 0. The van der Waals surface area contributed by atoms with Gasteiger partial charge in [0.25, 0.3) is 0 Å². The number of rotatable bonds is 4. The Morgan fingerprint density at radius 3 is 1.59 bits per heavy atom. The molecule has 2 aromatic heterocycles. The predicted molar refractivity (Wildman–Crippen MR) is 131 cm³/mol. The third-order valence-corrected chi connectivity index (χ3v) is 5.57. The fraction of sp³-hybridized carbons (Fsp3) is 0.542. The summed E-state index contributed by atoms with van der Waals surface area (Å²) in [5.41, 5.74) is 3.48. The smallest absolute Gasteiger partial charge is 0.475 e. The van der Waals surface area contributed by atoms with Crippen molar-refractivity contribution in [2.24, 2.45) is 0 Å². The van der Waals surface area contributed by atoms with Crippen LogP contribution in [0, 0.1) is 6.92 Å². The largest absolute Gasteiger partial charge is 0.490 e. The van der Waals surface area contributed by atoms with E-state index in [9.17, 15) is 39.5 Å². The number of nitrogens with zero attached hydrogens (tertiary/aromatic N) is 5. The Kier molecular flexibility index (Phi) is 14.0. The van der Waals surface area contributed by atoms with Gasteiger partial charge in [0.2, 0.25) is 0 Å². The summed E-state index contributed by atoms with van der Waals surface area (Å²) in [6, 6.07) is 6.26. The normalized spacial score (nSPS) is 15.4. The van der Waals surface area contributed by atoms with Crippen LogP contribution in [0.4, 0.5) is 39.5 Å². The van der Waals surface area contributed by atoms with E-state index in [1.54, 1.807) is 0 Å². The average Bonchev–Trinajstić information content (AvgIpc) is 3.53. The number of fused-ring (bicyclic) bond motifs is 1. The molecule has 0 aromatic carbocycles. The lowest BCUT2D eigenvalue weighted by Gasteiger charge is -2.27. The van der Waals surface area contributed by atoms with Crippen molar-refractivity contribution in [3.8, 4) is 0 Å². The molecule has 2 aliphatic rings. The zero-order chi connectivity index (χ0) is 33.9. The van der Waals surface area contributed by atoms with Crippen LogP contribution in [0.3, 0.4) is 0 Å². The van der Waals surface area contributed by atoms with Crippen molar-refractivity contribution >= 4 is 17.9 Å². The van der Waals surface area contributed by atoms with Crippen molar-refractivity contribution in [1.29, 1.82) is 0 Å². The molecule has 0 spiro atoms. The standard InChI is InChI=1S/C18H25N5.3C2HF3O2/c1-15-5-4-6-16(19-15)11-22-9-10-23-13-17(20-18(23)14-22)12-21-7-2-3-8-21;3*3-2(4,5)1(6)7/h4-6,13H,2-3,7-12,14H2,1H3;3*(H,6,7). The monoisotopic (exact) mass is 653 g/mol. The average molecular weight is 653 g/mol. The predicted octanol–water partition coefficient (Wildman–Crippen LogP) is 4.10. The fourth-order valence-electron chi connectivity index (χ4n) is 3.66. The van der Waals surface area contributed by atoms with Gasteiger partial charge in [0.15, 0.2) is 0 Å². The number of aryl methyl sites for hydroxylation is 1. The summed E-state index contributed by atoms with van der Waals surface area (Å²) in [5, 5.41) is 21.4. The maximum atomic E-state index is 10.6. The molecule has 3 N–H and O–H groups in total. The minimum Gasteiger partial charge on any atom is -0.475 e. The Bertz CT molecular complexity index is 1190. The maximum absolute atomic E-state index is 10.6. The van der Waals surface area contributed by atoms with Crippen LogP contribution in [-0.2, 0) is 40.6 Å². The van der Waals surface area contributed by atoms with Crippen LogP contribution in [0.25, 0.3) is 0 Å². The molecule has 1 fully saturated rings. The molecule has 2 aromatic rings. The van der Waals surface area contributed by atoms with Crippen LogP contribution in [0.5, 0.6) is 0 Å². The van der Waals surface area contributed by atoms with E-state index >= 15 is 0 Å². The summed E-state index contributed by atoms with van der Waals surface area (Å²) in [6.45, 7) is 9.47. The highest BCUT2D eigenvalue weighted by molar-refractivity contribution is 5.73. The molecule has 1 saturated heterocycles. The molecule has 0 bridgehead atoms. The number of carboxylic acids is 3. The zero-order valence-electron chi connectivity index (χ0n) is 22.9. The van der Waals surface area contributed by atoms with Crippen LogP contribution >= 0.6 is 0 Å². The lowest BCUT2D eigenvalue weighted by molar-refractivity contribution is -0.193. The molecule has 2 aliphatic heterocycles. The van der Waals surface area contributed by atoms with Crippen LogP contribution in [0.2, 0.25) is 0 Å². The van der Waals surface area contributed by atoms with Crippen LogP contribution in [0.1, 0.15) is 35.7 Å². The molecule has 44 heavy (non-hydrogen) atoms. The number of alkyl halides is 9. The number of carbonyl (C=O) groups is 3. The Hall–Kier alpha value is -3.94. The highest BCUT2D eigenvalue weighted by atomic mass is 19.4. The number of aliphatic carboxylic acids is 3. The quantitative estimate of drug-likeness (QED) is 0.412. The molecule has 0 unspecified atom stereocenters. The van der Waals surface area contributed by atoms with E-state index in [0.717, 1.165) is 44.1 Å². The molecule has 0 amide bonds. The first-order valence-electron chi connectivity index (χ1n) is 12.4. The van der Waals surface area contributed by atoms with Gasteiger partial charge in [-0.25, -0.2) is 19.4 Å². The molecule has 248 valence electrons. The van der Waals surface area contributed by atoms with Crippen molar-refractivity contribution in [2.75, 3.05) is 19.6 Å². The topological polar surface area (TPSA) is 149 Å². The molecular formula is C24H28F9N5O6. The molecule has 11 nitrogen and oxygen atoms in total. The number of hydrogen-bond acceptors (Lipinski definition) is 7. The second kappa shape index (κ2) is 16.2. The molecule has 0 aliphatic carbocycles. The summed E-state index contributed by atoms with van der Waals surface area (Å²) in [6.07, 6.45) is -10.3. The van der Waals surface area contributed by atoms with E-state index in [4.69, 9.17) is 34.7 Å². The Balaban J connectivity index is 0.000000379. The molecule has 20 heteroatoms. The van der Waals surface area contributed by atoms with Gasteiger partial charge in [0, 0.05) is 38.1 Å². The van der Waals surface area contributed by atoms with Gasteiger partial charge < -0.3 is 19.9 Å². The van der Waals surface area contributed by atoms with E-state index in [1.165, 1.54) is 37.4 Å². The van der Waals surface area contributed by atoms with Crippen molar-refractivity contribution in [1.82, 2.24) is 24.3 Å². The Morgan fingerprint density at radius 2 is 1.16 bits per heavy atom. The molecule has 0 radical (unpaired) electrons. The van der Waals surface area contributed by atoms with Gasteiger partial charge in [-0.2, -0.15) is 39.5 Å². The van der Waals surface area contributed by atoms with Gasteiger partial charge in [-0.15, -0.1) is 0 Å². The van der Waals surface area contributed by atoms with E-state index in [-0.39, 0.29) is 0 Å².